The van der Waals surface area contributed by atoms with Crippen LogP contribution in [-0.2, 0) is 17.9 Å². The third-order valence-electron chi connectivity index (χ3n) is 2.97. The summed E-state index contributed by atoms with van der Waals surface area (Å²) < 4.78 is 0. The van der Waals surface area contributed by atoms with Crippen molar-refractivity contribution >= 4 is 21.8 Å². The molecule has 0 spiro atoms. The Kier molecular flexibility index (Phi) is 3.99. The van der Waals surface area contributed by atoms with E-state index < -0.39 is 0 Å². The Morgan fingerprint density at radius 2 is 1.81 bits per heavy atom. The van der Waals surface area contributed by atoms with Crippen LogP contribution >= 0.6 is 15.9 Å². The second-order valence-electron chi connectivity index (χ2n) is 4.16. The predicted octanol–water partition coefficient (Wildman–Crippen LogP) is 3.09. The molecule has 0 radical (unpaired) electrons. The molecule has 0 N–H and O–H groups in total. The SMILES string of the molecule is O=C(CCCCBr)N1Cc2ccccc2C1. The zero-order valence-corrected chi connectivity index (χ0v) is 10.9. The van der Waals surface area contributed by atoms with Gasteiger partial charge in [0.1, 0.15) is 0 Å². The lowest BCUT2D eigenvalue weighted by Crippen LogP contribution is -2.24. The van der Waals surface area contributed by atoms with Gasteiger partial charge in [0, 0.05) is 24.8 Å². The second-order valence-corrected chi connectivity index (χ2v) is 4.96. The first-order valence-corrected chi connectivity index (χ1v) is 6.84. The number of carbonyl (C=O) groups is 1. The van der Waals surface area contributed by atoms with Gasteiger partial charge in [-0.2, -0.15) is 0 Å². The summed E-state index contributed by atoms with van der Waals surface area (Å²) in [7, 11) is 0. The van der Waals surface area contributed by atoms with Crippen molar-refractivity contribution in [1.29, 1.82) is 0 Å². The van der Waals surface area contributed by atoms with Crippen LogP contribution in [0.3, 0.4) is 0 Å². The molecular formula is C13H16BrNO. The van der Waals surface area contributed by atoms with Crippen molar-refractivity contribution < 1.29 is 4.79 Å². The lowest BCUT2D eigenvalue weighted by atomic mass is 10.1. The van der Waals surface area contributed by atoms with Gasteiger partial charge in [-0.3, -0.25) is 4.79 Å². The Labute approximate surface area is 105 Å². The Balaban J connectivity index is 1.88. The van der Waals surface area contributed by atoms with Gasteiger partial charge in [0.15, 0.2) is 0 Å². The number of nitrogens with zero attached hydrogens (tertiary/aromatic N) is 1. The Hall–Kier alpha value is -0.830. The van der Waals surface area contributed by atoms with E-state index in [1.165, 1.54) is 11.1 Å². The van der Waals surface area contributed by atoms with Crippen molar-refractivity contribution in [2.24, 2.45) is 0 Å². The van der Waals surface area contributed by atoms with Crippen molar-refractivity contribution in [3.8, 4) is 0 Å². The highest BCUT2D eigenvalue weighted by atomic mass is 79.9. The van der Waals surface area contributed by atoms with Crippen LogP contribution in [0, 0.1) is 0 Å². The molecule has 1 aromatic rings. The number of unbranched alkanes of at least 4 members (excludes halogenated alkanes) is 1. The molecule has 1 heterocycles. The molecule has 0 atom stereocenters. The Bertz CT molecular complexity index is 353. The molecule has 86 valence electrons. The monoisotopic (exact) mass is 281 g/mol. The standard InChI is InChI=1S/C13H16BrNO/c14-8-4-3-7-13(16)15-9-11-5-1-2-6-12(11)10-15/h1-2,5-6H,3-4,7-10H2. The molecule has 0 saturated heterocycles. The number of hydrogen-bond donors (Lipinski definition) is 0. The second kappa shape index (κ2) is 5.48. The molecule has 0 fully saturated rings. The van der Waals surface area contributed by atoms with Crippen molar-refractivity contribution in [2.75, 3.05) is 5.33 Å². The summed E-state index contributed by atoms with van der Waals surface area (Å²) in [6.07, 6.45) is 2.74. The van der Waals surface area contributed by atoms with E-state index in [0.29, 0.717) is 6.42 Å². The van der Waals surface area contributed by atoms with E-state index in [9.17, 15) is 4.79 Å². The lowest BCUT2D eigenvalue weighted by Gasteiger charge is -2.14. The van der Waals surface area contributed by atoms with Gasteiger partial charge in [-0.15, -0.1) is 0 Å². The minimum absolute atomic E-state index is 0.289. The number of hydrogen-bond acceptors (Lipinski definition) is 1. The average Bonchev–Trinajstić information content (AvgIpc) is 2.73. The van der Waals surface area contributed by atoms with E-state index in [1.54, 1.807) is 0 Å². The number of amides is 1. The van der Waals surface area contributed by atoms with Crippen LogP contribution < -0.4 is 0 Å². The van der Waals surface area contributed by atoms with E-state index in [2.05, 4.69) is 28.1 Å². The minimum atomic E-state index is 0.289. The smallest absolute Gasteiger partial charge is 0.223 e. The molecule has 1 aliphatic heterocycles. The van der Waals surface area contributed by atoms with Crippen LogP contribution in [0.4, 0.5) is 0 Å². The molecule has 0 unspecified atom stereocenters. The van der Waals surface area contributed by atoms with Gasteiger partial charge >= 0.3 is 0 Å². The van der Waals surface area contributed by atoms with Gasteiger partial charge in [-0.1, -0.05) is 40.2 Å². The number of halogens is 1. The molecule has 1 aliphatic rings. The van der Waals surface area contributed by atoms with Crippen LogP contribution in [0.1, 0.15) is 30.4 Å². The number of benzene rings is 1. The largest absolute Gasteiger partial charge is 0.334 e. The van der Waals surface area contributed by atoms with Crippen molar-refractivity contribution in [3.05, 3.63) is 35.4 Å². The van der Waals surface area contributed by atoms with Crippen molar-refractivity contribution in [2.45, 2.75) is 32.4 Å². The summed E-state index contributed by atoms with van der Waals surface area (Å²) >= 11 is 3.38. The van der Waals surface area contributed by atoms with Crippen LogP contribution in [-0.4, -0.2) is 16.1 Å². The topological polar surface area (TPSA) is 20.3 Å². The fourth-order valence-electron chi connectivity index (χ4n) is 2.04. The summed E-state index contributed by atoms with van der Waals surface area (Å²) in [5, 5.41) is 0.987. The lowest BCUT2D eigenvalue weighted by molar-refractivity contribution is -0.131. The first kappa shape index (κ1) is 11.6. The van der Waals surface area contributed by atoms with E-state index in [-0.39, 0.29) is 5.91 Å². The fraction of sp³-hybridized carbons (Fsp3) is 0.462. The van der Waals surface area contributed by atoms with Gasteiger partial charge in [0.2, 0.25) is 5.91 Å². The minimum Gasteiger partial charge on any atom is -0.334 e. The van der Waals surface area contributed by atoms with Crippen molar-refractivity contribution in [1.82, 2.24) is 4.90 Å². The molecule has 0 bridgehead atoms. The molecule has 16 heavy (non-hydrogen) atoms. The zero-order chi connectivity index (χ0) is 11.4. The van der Waals surface area contributed by atoms with E-state index in [1.807, 2.05) is 17.0 Å². The molecule has 2 rings (SSSR count). The van der Waals surface area contributed by atoms with E-state index >= 15 is 0 Å². The van der Waals surface area contributed by atoms with Crippen LogP contribution in [0.15, 0.2) is 24.3 Å². The van der Waals surface area contributed by atoms with E-state index in [0.717, 1.165) is 31.3 Å². The third-order valence-corrected chi connectivity index (χ3v) is 3.53. The highest BCUT2D eigenvalue weighted by molar-refractivity contribution is 9.09. The quantitative estimate of drug-likeness (QED) is 0.614. The van der Waals surface area contributed by atoms with Gasteiger partial charge in [0.25, 0.3) is 0 Å². The third kappa shape index (κ3) is 2.64. The summed E-state index contributed by atoms with van der Waals surface area (Å²) in [5.41, 5.74) is 2.60. The highest BCUT2D eigenvalue weighted by Gasteiger charge is 2.21. The zero-order valence-electron chi connectivity index (χ0n) is 9.29. The van der Waals surface area contributed by atoms with E-state index in [4.69, 9.17) is 0 Å². The molecule has 1 aromatic carbocycles. The maximum absolute atomic E-state index is 11.9. The maximum Gasteiger partial charge on any atom is 0.223 e. The molecule has 1 amide bonds. The Morgan fingerprint density at radius 1 is 1.19 bits per heavy atom. The van der Waals surface area contributed by atoms with Crippen LogP contribution in [0.25, 0.3) is 0 Å². The molecule has 0 aromatic heterocycles. The first-order valence-electron chi connectivity index (χ1n) is 5.72. The van der Waals surface area contributed by atoms with Crippen LogP contribution in [0.2, 0.25) is 0 Å². The van der Waals surface area contributed by atoms with Gasteiger partial charge < -0.3 is 4.90 Å². The first-order chi connectivity index (χ1) is 7.81. The summed E-state index contributed by atoms with van der Waals surface area (Å²) in [4.78, 5) is 13.9. The number of alkyl halides is 1. The molecule has 2 nitrogen and oxygen atoms in total. The van der Waals surface area contributed by atoms with Gasteiger partial charge in [0.05, 0.1) is 0 Å². The van der Waals surface area contributed by atoms with Crippen LogP contribution in [0.5, 0.6) is 0 Å². The highest BCUT2D eigenvalue weighted by Crippen LogP contribution is 2.23. The maximum atomic E-state index is 11.9. The number of rotatable bonds is 4. The Morgan fingerprint density at radius 3 is 2.38 bits per heavy atom. The fourth-order valence-corrected chi connectivity index (χ4v) is 2.43. The predicted molar refractivity (Wildman–Crippen MR) is 68.3 cm³/mol. The van der Waals surface area contributed by atoms with Gasteiger partial charge in [-0.05, 0) is 24.0 Å². The summed E-state index contributed by atoms with van der Waals surface area (Å²) in [5.74, 6) is 0.289. The molecular weight excluding hydrogens is 266 g/mol. The summed E-state index contributed by atoms with van der Waals surface area (Å²) in [6.45, 7) is 1.59. The van der Waals surface area contributed by atoms with Gasteiger partial charge in [-0.25, -0.2) is 0 Å². The van der Waals surface area contributed by atoms with Crippen molar-refractivity contribution in [3.63, 3.8) is 0 Å². The molecule has 0 aliphatic carbocycles. The number of carbonyl (C=O) groups excluding carboxylic acids is 1. The normalized spacial score (nSPS) is 13.9. The molecule has 0 saturated carbocycles. The summed E-state index contributed by atoms with van der Waals surface area (Å²) in [6, 6.07) is 8.30. The average molecular weight is 282 g/mol. The molecule has 3 heteroatoms. The number of fused-ring (bicyclic) bond motifs is 1.